The number of aromatic nitrogens is 2. The number of ether oxygens (including phenoxy) is 1. The van der Waals surface area contributed by atoms with Crippen molar-refractivity contribution in [3.05, 3.63) is 47.5 Å². The van der Waals surface area contributed by atoms with Crippen molar-refractivity contribution in [2.45, 2.75) is 26.4 Å². The Morgan fingerprint density at radius 3 is 2.83 bits per heavy atom. The first kappa shape index (κ1) is 12.6. The third-order valence-corrected chi connectivity index (χ3v) is 2.99. The zero-order valence-electron chi connectivity index (χ0n) is 10.9. The summed E-state index contributed by atoms with van der Waals surface area (Å²) in [6.07, 6.45) is 4.77. The standard InChI is InChI=1S/C14H19N3O/c1-3-12-6-11(4-5-14(12)18-2)8-17-9-13(7-15)16-10-17/h4-6,9-10H,3,7-8,15H2,1-2H3. The summed E-state index contributed by atoms with van der Waals surface area (Å²) in [5, 5.41) is 0. The molecule has 1 aromatic carbocycles. The number of rotatable bonds is 5. The number of methoxy groups -OCH3 is 1. The zero-order valence-corrected chi connectivity index (χ0v) is 10.9. The van der Waals surface area contributed by atoms with E-state index in [1.807, 2.05) is 23.2 Å². The quantitative estimate of drug-likeness (QED) is 0.876. The van der Waals surface area contributed by atoms with Crippen LogP contribution in [0.25, 0.3) is 0 Å². The highest BCUT2D eigenvalue weighted by molar-refractivity contribution is 5.37. The topological polar surface area (TPSA) is 53.1 Å². The van der Waals surface area contributed by atoms with E-state index >= 15 is 0 Å². The minimum atomic E-state index is 0.482. The van der Waals surface area contributed by atoms with E-state index in [0.717, 1.165) is 24.4 Å². The van der Waals surface area contributed by atoms with Crippen molar-refractivity contribution in [3.8, 4) is 5.75 Å². The highest BCUT2D eigenvalue weighted by atomic mass is 16.5. The highest BCUT2D eigenvalue weighted by Gasteiger charge is 2.04. The van der Waals surface area contributed by atoms with Crippen molar-refractivity contribution in [1.82, 2.24) is 9.55 Å². The molecule has 1 aromatic heterocycles. The number of hydrogen-bond acceptors (Lipinski definition) is 3. The number of nitrogens with two attached hydrogens (primary N) is 1. The molecule has 0 amide bonds. The van der Waals surface area contributed by atoms with E-state index in [9.17, 15) is 0 Å². The van der Waals surface area contributed by atoms with E-state index in [4.69, 9.17) is 10.5 Å². The number of hydrogen-bond donors (Lipinski definition) is 1. The zero-order chi connectivity index (χ0) is 13.0. The summed E-state index contributed by atoms with van der Waals surface area (Å²) in [5.74, 6) is 0.953. The van der Waals surface area contributed by atoms with E-state index in [2.05, 4.69) is 24.0 Å². The Kier molecular flexibility index (Phi) is 3.99. The molecular weight excluding hydrogens is 226 g/mol. The lowest BCUT2D eigenvalue weighted by molar-refractivity contribution is 0.410. The molecule has 0 saturated carbocycles. The van der Waals surface area contributed by atoms with Gasteiger partial charge >= 0.3 is 0 Å². The van der Waals surface area contributed by atoms with Gasteiger partial charge in [-0.05, 0) is 23.6 Å². The summed E-state index contributed by atoms with van der Waals surface area (Å²) < 4.78 is 7.37. The second kappa shape index (κ2) is 5.69. The van der Waals surface area contributed by atoms with Crippen LogP contribution in [0.15, 0.2) is 30.7 Å². The molecule has 0 aliphatic heterocycles. The summed E-state index contributed by atoms with van der Waals surface area (Å²) in [4.78, 5) is 4.22. The van der Waals surface area contributed by atoms with Gasteiger partial charge in [0.05, 0.1) is 19.1 Å². The Morgan fingerprint density at radius 1 is 1.39 bits per heavy atom. The first-order valence-corrected chi connectivity index (χ1v) is 6.13. The number of aryl methyl sites for hydroxylation is 1. The fraction of sp³-hybridized carbons (Fsp3) is 0.357. The Labute approximate surface area is 107 Å². The van der Waals surface area contributed by atoms with Gasteiger partial charge in [-0.25, -0.2) is 4.98 Å². The molecule has 96 valence electrons. The normalized spacial score (nSPS) is 10.6. The molecule has 0 radical (unpaired) electrons. The summed E-state index contributed by atoms with van der Waals surface area (Å²) in [6, 6.07) is 6.29. The molecular formula is C14H19N3O. The van der Waals surface area contributed by atoms with E-state index in [1.54, 1.807) is 7.11 Å². The van der Waals surface area contributed by atoms with Crippen molar-refractivity contribution in [2.24, 2.45) is 5.73 Å². The second-order valence-electron chi connectivity index (χ2n) is 4.24. The summed E-state index contributed by atoms with van der Waals surface area (Å²) >= 11 is 0. The maximum absolute atomic E-state index is 5.55. The summed E-state index contributed by atoms with van der Waals surface area (Å²) in [7, 11) is 1.71. The average Bonchev–Trinajstić information content (AvgIpc) is 2.86. The Morgan fingerprint density at radius 2 is 2.22 bits per heavy atom. The van der Waals surface area contributed by atoms with E-state index < -0.39 is 0 Å². The van der Waals surface area contributed by atoms with Crippen molar-refractivity contribution in [2.75, 3.05) is 7.11 Å². The van der Waals surface area contributed by atoms with Crippen LogP contribution >= 0.6 is 0 Å². The van der Waals surface area contributed by atoms with Crippen LogP contribution in [0, 0.1) is 0 Å². The molecule has 0 bridgehead atoms. The summed E-state index contributed by atoms with van der Waals surface area (Å²) in [6.45, 7) is 3.42. The van der Waals surface area contributed by atoms with Gasteiger partial charge in [-0.15, -0.1) is 0 Å². The van der Waals surface area contributed by atoms with Crippen molar-refractivity contribution >= 4 is 0 Å². The van der Waals surface area contributed by atoms with Crippen LogP contribution in [0.4, 0.5) is 0 Å². The van der Waals surface area contributed by atoms with Crippen LogP contribution in [0.2, 0.25) is 0 Å². The molecule has 0 atom stereocenters. The molecule has 0 unspecified atom stereocenters. The monoisotopic (exact) mass is 245 g/mol. The van der Waals surface area contributed by atoms with Crippen LogP contribution in [-0.2, 0) is 19.5 Å². The van der Waals surface area contributed by atoms with Gasteiger partial charge in [-0.1, -0.05) is 19.1 Å². The van der Waals surface area contributed by atoms with Crippen LogP contribution in [0.3, 0.4) is 0 Å². The molecule has 18 heavy (non-hydrogen) atoms. The van der Waals surface area contributed by atoms with Crippen LogP contribution in [0.5, 0.6) is 5.75 Å². The smallest absolute Gasteiger partial charge is 0.122 e. The molecule has 1 heterocycles. The van der Waals surface area contributed by atoms with Gasteiger partial charge in [0, 0.05) is 19.3 Å². The van der Waals surface area contributed by atoms with Crippen LogP contribution < -0.4 is 10.5 Å². The van der Waals surface area contributed by atoms with Gasteiger partial charge in [0.2, 0.25) is 0 Å². The predicted molar refractivity (Wildman–Crippen MR) is 71.6 cm³/mol. The molecule has 2 aromatic rings. The number of imidazole rings is 1. The van der Waals surface area contributed by atoms with Gasteiger partial charge in [0.1, 0.15) is 5.75 Å². The minimum Gasteiger partial charge on any atom is -0.496 e. The highest BCUT2D eigenvalue weighted by Crippen LogP contribution is 2.20. The Hall–Kier alpha value is -1.81. The fourth-order valence-corrected chi connectivity index (χ4v) is 2.02. The van der Waals surface area contributed by atoms with E-state index in [1.165, 1.54) is 11.1 Å². The first-order chi connectivity index (χ1) is 8.76. The van der Waals surface area contributed by atoms with Gasteiger partial charge in [0.25, 0.3) is 0 Å². The summed E-state index contributed by atoms with van der Waals surface area (Å²) in [5.41, 5.74) is 8.94. The van der Waals surface area contributed by atoms with E-state index in [0.29, 0.717) is 6.54 Å². The lowest BCUT2D eigenvalue weighted by Crippen LogP contribution is -1.99. The first-order valence-electron chi connectivity index (χ1n) is 6.13. The molecule has 0 aliphatic carbocycles. The van der Waals surface area contributed by atoms with Crippen molar-refractivity contribution in [3.63, 3.8) is 0 Å². The third-order valence-electron chi connectivity index (χ3n) is 2.99. The maximum atomic E-state index is 5.55. The fourth-order valence-electron chi connectivity index (χ4n) is 2.02. The molecule has 2 rings (SSSR count). The van der Waals surface area contributed by atoms with Crippen molar-refractivity contribution < 1.29 is 4.74 Å². The lowest BCUT2D eigenvalue weighted by Gasteiger charge is -2.09. The van der Waals surface area contributed by atoms with E-state index in [-0.39, 0.29) is 0 Å². The predicted octanol–water partition coefficient (Wildman–Crippen LogP) is 1.96. The van der Waals surface area contributed by atoms with Gasteiger partial charge < -0.3 is 15.0 Å². The molecule has 4 heteroatoms. The third kappa shape index (κ3) is 2.71. The molecule has 0 fully saturated rings. The molecule has 0 spiro atoms. The van der Waals surface area contributed by atoms with Crippen LogP contribution in [-0.4, -0.2) is 16.7 Å². The second-order valence-corrected chi connectivity index (χ2v) is 4.24. The van der Waals surface area contributed by atoms with Gasteiger partial charge in [0.15, 0.2) is 0 Å². The molecule has 0 aliphatic rings. The lowest BCUT2D eigenvalue weighted by atomic mass is 10.1. The van der Waals surface area contributed by atoms with Crippen molar-refractivity contribution in [1.29, 1.82) is 0 Å². The van der Waals surface area contributed by atoms with Crippen LogP contribution in [0.1, 0.15) is 23.7 Å². The number of nitrogens with zero attached hydrogens (tertiary/aromatic N) is 2. The molecule has 4 nitrogen and oxygen atoms in total. The molecule has 2 N–H and O–H groups in total. The Bertz CT molecular complexity index is 520. The van der Waals surface area contributed by atoms with Gasteiger partial charge in [-0.2, -0.15) is 0 Å². The molecule has 0 saturated heterocycles. The maximum Gasteiger partial charge on any atom is 0.122 e. The Balaban J connectivity index is 2.18. The average molecular weight is 245 g/mol. The largest absolute Gasteiger partial charge is 0.496 e. The SMILES string of the molecule is CCc1cc(Cn2cnc(CN)c2)ccc1OC. The number of benzene rings is 1. The minimum absolute atomic E-state index is 0.482. The van der Waals surface area contributed by atoms with Gasteiger partial charge in [-0.3, -0.25) is 0 Å².